The summed E-state index contributed by atoms with van der Waals surface area (Å²) in [6.45, 7) is 0. The quantitative estimate of drug-likeness (QED) is 0.297. The van der Waals surface area contributed by atoms with Crippen molar-refractivity contribution in [1.82, 2.24) is 19.7 Å². The van der Waals surface area contributed by atoms with Crippen molar-refractivity contribution in [2.24, 2.45) is 12.9 Å². The van der Waals surface area contributed by atoms with Gasteiger partial charge >= 0.3 is 11.1 Å². The first-order valence-electron chi connectivity index (χ1n) is 5.32. The van der Waals surface area contributed by atoms with Crippen LogP contribution in [-0.4, -0.2) is 19.7 Å². The molecule has 0 fully saturated rings. The molecule has 0 atom stereocenters. The second-order valence-electron chi connectivity index (χ2n) is 3.64. The number of rotatable bonds is 4. The zero-order valence-electron chi connectivity index (χ0n) is 10.1. The first kappa shape index (κ1) is 13.3. The molecule has 2 rings (SSSR count). The molecular weight excluding hydrogens is 268 g/mol. The number of anilines is 1. The fraction of sp³-hybridized carbons (Fsp3) is 0.200. The normalized spacial score (nSPS) is 10.4. The zero-order chi connectivity index (χ0) is 13.8. The molecule has 0 radical (unpaired) electrons. The molecule has 19 heavy (non-hydrogen) atoms. The molecule has 0 saturated heterocycles. The number of nitrogen functional groups attached to an aromatic ring is 1. The Morgan fingerprint density at radius 2 is 2.32 bits per heavy atom. The van der Waals surface area contributed by atoms with Gasteiger partial charge in [0.1, 0.15) is 5.82 Å². The maximum atomic E-state index is 11.2. The molecule has 0 aromatic carbocycles. The van der Waals surface area contributed by atoms with Crippen molar-refractivity contribution in [2.45, 2.75) is 10.9 Å². The topological polar surface area (TPSA) is 119 Å². The summed E-state index contributed by atoms with van der Waals surface area (Å²) < 4.78 is 1.40. The van der Waals surface area contributed by atoms with E-state index in [1.54, 1.807) is 19.3 Å². The van der Waals surface area contributed by atoms with Gasteiger partial charge in [-0.1, -0.05) is 17.8 Å². The molecule has 0 aliphatic rings. The van der Waals surface area contributed by atoms with Crippen LogP contribution in [0.3, 0.4) is 0 Å². The van der Waals surface area contributed by atoms with Crippen LogP contribution in [-0.2, 0) is 12.8 Å². The van der Waals surface area contributed by atoms with Crippen LogP contribution in [0.5, 0.6) is 0 Å². The second kappa shape index (κ2) is 5.67. The van der Waals surface area contributed by atoms with Gasteiger partial charge in [0.25, 0.3) is 0 Å². The molecule has 0 aliphatic carbocycles. The molecule has 0 amide bonds. The number of hydrazine groups is 1. The van der Waals surface area contributed by atoms with E-state index in [0.717, 1.165) is 5.56 Å². The summed E-state index contributed by atoms with van der Waals surface area (Å²) in [5.74, 6) is 6.43. The van der Waals surface area contributed by atoms with E-state index >= 15 is 0 Å². The molecule has 4 N–H and O–H groups in total. The van der Waals surface area contributed by atoms with Gasteiger partial charge in [-0.3, -0.25) is 19.4 Å². The lowest BCUT2D eigenvalue weighted by atomic mass is 10.3. The van der Waals surface area contributed by atoms with Crippen LogP contribution < -0.4 is 22.4 Å². The highest BCUT2D eigenvalue weighted by molar-refractivity contribution is 7.98. The maximum Gasteiger partial charge on any atom is 0.339 e. The summed E-state index contributed by atoms with van der Waals surface area (Å²) in [5.41, 5.74) is 1.83. The molecule has 0 aliphatic heterocycles. The van der Waals surface area contributed by atoms with Gasteiger partial charge in [0.15, 0.2) is 5.16 Å². The minimum atomic E-state index is -0.802. The minimum Gasteiger partial charge on any atom is -0.308 e. The fourth-order valence-corrected chi connectivity index (χ4v) is 2.32. The van der Waals surface area contributed by atoms with E-state index in [0.29, 0.717) is 16.7 Å². The number of aromatic amines is 1. The molecule has 2 aromatic rings. The highest BCUT2D eigenvalue weighted by Crippen LogP contribution is 2.22. The van der Waals surface area contributed by atoms with E-state index in [4.69, 9.17) is 5.84 Å². The number of aromatic nitrogens is 4. The van der Waals surface area contributed by atoms with Crippen molar-refractivity contribution < 1.29 is 0 Å². The Bertz CT molecular complexity index is 695. The highest BCUT2D eigenvalue weighted by Gasteiger charge is 2.07. The van der Waals surface area contributed by atoms with E-state index in [-0.39, 0.29) is 0 Å². The summed E-state index contributed by atoms with van der Waals surface area (Å²) in [5, 5.41) is 2.79. The Hall–Kier alpha value is -2.13. The van der Waals surface area contributed by atoms with Crippen molar-refractivity contribution in [3.8, 4) is 0 Å². The fourth-order valence-electron chi connectivity index (χ4n) is 1.42. The number of pyridine rings is 1. The lowest BCUT2D eigenvalue weighted by Crippen LogP contribution is -2.33. The third kappa shape index (κ3) is 3.01. The van der Waals surface area contributed by atoms with Gasteiger partial charge in [-0.05, 0) is 6.07 Å². The highest BCUT2D eigenvalue weighted by atomic mass is 32.2. The van der Waals surface area contributed by atoms with Gasteiger partial charge in [0.05, 0.1) is 0 Å². The first-order chi connectivity index (χ1) is 9.11. The Balaban J connectivity index is 2.21. The van der Waals surface area contributed by atoms with Crippen molar-refractivity contribution >= 4 is 17.6 Å². The minimum absolute atomic E-state index is 0.413. The van der Waals surface area contributed by atoms with E-state index < -0.39 is 11.1 Å². The molecule has 9 heteroatoms. The average molecular weight is 280 g/mol. The number of hydrogen-bond donors (Lipinski definition) is 3. The summed E-state index contributed by atoms with van der Waals surface area (Å²) in [6, 6.07) is 3.65. The summed E-state index contributed by atoms with van der Waals surface area (Å²) in [6.07, 6.45) is 1.62. The number of hydrogen-bond acceptors (Lipinski definition) is 7. The van der Waals surface area contributed by atoms with Gasteiger partial charge in [-0.25, -0.2) is 10.8 Å². The van der Waals surface area contributed by atoms with Gasteiger partial charge in [-0.15, -0.1) is 0 Å². The summed E-state index contributed by atoms with van der Waals surface area (Å²) >= 11 is 1.30. The monoisotopic (exact) mass is 280 g/mol. The predicted octanol–water partition coefficient (Wildman–Crippen LogP) is -0.558. The van der Waals surface area contributed by atoms with E-state index in [1.165, 1.54) is 16.4 Å². The third-order valence-corrected chi connectivity index (χ3v) is 3.41. The van der Waals surface area contributed by atoms with Crippen LogP contribution in [0.4, 0.5) is 5.82 Å². The lowest BCUT2D eigenvalue weighted by molar-refractivity contribution is 0.596. The number of H-pyrrole nitrogens is 1. The average Bonchev–Trinajstić information content (AvgIpc) is 2.41. The zero-order valence-corrected chi connectivity index (χ0v) is 10.9. The van der Waals surface area contributed by atoms with Crippen LogP contribution in [0.2, 0.25) is 0 Å². The summed E-state index contributed by atoms with van der Waals surface area (Å²) in [7, 11) is 1.61. The predicted molar refractivity (Wildman–Crippen MR) is 71.7 cm³/mol. The van der Waals surface area contributed by atoms with E-state index in [9.17, 15) is 9.59 Å². The Kier molecular flexibility index (Phi) is 3.97. The molecule has 2 aromatic heterocycles. The standard InChI is InChI=1S/C10H12N6O2S/c1-16-10(13-8(17)9(18)15-16)19-5-6-3-2-4-12-7(6)14-11/h2-4H,5,11H2,1H3,(H,12,14)(H,15,18). The van der Waals surface area contributed by atoms with Crippen LogP contribution in [0.15, 0.2) is 33.1 Å². The number of nitrogens with zero attached hydrogens (tertiary/aromatic N) is 3. The summed E-state index contributed by atoms with van der Waals surface area (Å²) in [4.78, 5) is 30.0. The van der Waals surface area contributed by atoms with Crippen LogP contribution >= 0.6 is 11.8 Å². The molecule has 0 bridgehead atoms. The Labute approximate surface area is 112 Å². The van der Waals surface area contributed by atoms with Crippen LogP contribution in [0.1, 0.15) is 5.56 Å². The first-order valence-corrected chi connectivity index (χ1v) is 6.31. The smallest absolute Gasteiger partial charge is 0.308 e. The molecule has 0 spiro atoms. The molecule has 8 nitrogen and oxygen atoms in total. The van der Waals surface area contributed by atoms with Crippen molar-refractivity contribution in [2.75, 3.05) is 5.43 Å². The van der Waals surface area contributed by atoms with E-state index in [1.807, 2.05) is 6.07 Å². The third-order valence-electron chi connectivity index (χ3n) is 2.33. The SMILES string of the molecule is Cn1[nH]c(=O)c(=O)nc1SCc1cccnc1NN. The van der Waals surface area contributed by atoms with Crippen LogP contribution in [0.25, 0.3) is 0 Å². The molecular formula is C10H12N6O2S. The molecule has 100 valence electrons. The second-order valence-corrected chi connectivity index (χ2v) is 4.59. The molecule has 2 heterocycles. The van der Waals surface area contributed by atoms with E-state index in [2.05, 4.69) is 20.5 Å². The number of aryl methyl sites for hydroxylation is 1. The largest absolute Gasteiger partial charge is 0.339 e. The Morgan fingerprint density at radius 3 is 3.05 bits per heavy atom. The van der Waals surface area contributed by atoms with Gasteiger partial charge in [-0.2, -0.15) is 4.98 Å². The number of nitrogens with one attached hydrogen (secondary N) is 2. The lowest BCUT2D eigenvalue weighted by Gasteiger charge is -2.08. The maximum absolute atomic E-state index is 11.2. The van der Waals surface area contributed by atoms with Crippen LogP contribution in [0, 0.1) is 0 Å². The number of nitrogens with two attached hydrogens (primary N) is 1. The van der Waals surface area contributed by atoms with Crippen molar-refractivity contribution in [1.29, 1.82) is 0 Å². The van der Waals surface area contributed by atoms with Crippen molar-refractivity contribution in [3.05, 3.63) is 44.6 Å². The Morgan fingerprint density at radius 1 is 1.53 bits per heavy atom. The van der Waals surface area contributed by atoms with Crippen molar-refractivity contribution in [3.63, 3.8) is 0 Å². The molecule has 0 unspecified atom stereocenters. The molecule has 0 saturated carbocycles. The van der Waals surface area contributed by atoms with Gasteiger partial charge in [0.2, 0.25) is 0 Å². The van der Waals surface area contributed by atoms with Gasteiger partial charge < -0.3 is 5.43 Å². The number of thioether (sulfide) groups is 1. The van der Waals surface area contributed by atoms with Gasteiger partial charge in [0, 0.05) is 24.6 Å².